The molecule has 0 aromatic heterocycles. The second kappa shape index (κ2) is 6.73. The average molecular weight is 330 g/mol. The number of benzene rings is 1. The zero-order valence-corrected chi connectivity index (χ0v) is 14.2. The van der Waals surface area contributed by atoms with Crippen molar-refractivity contribution in [1.82, 2.24) is 5.32 Å². The molecule has 0 bridgehead atoms. The fourth-order valence-electron chi connectivity index (χ4n) is 4.47. The Kier molecular flexibility index (Phi) is 4.46. The van der Waals surface area contributed by atoms with Crippen LogP contribution in [0.2, 0.25) is 0 Å². The second-order valence-electron chi connectivity index (χ2n) is 7.15. The lowest BCUT2D eigenvalue weighted by Gasteiger charge is -2.47. The van der Waals surface area contributed by atoms with Crippen molar-refractivity contribution in [2.45, 2.75) is 31.4 Å². The molecule has 4 atom stereocenters. The van der Waals surface area contributed by atoms with Gasteiger partial charge >= 0.3 is 0 Å². The van der Waals surface area contributed by atoms with Crippen LogP contribution in [0.15, 0.2) is 24.3 Å². The molecule has 1 amide bonds. The van der Waals surface area contributed by atoms with E-state index in [9.17, 15) is 4.79 Å². The number of anilines is 1. The summed E-state index contributed by atoms with van der Waals surface area (Å²) in [5, 5.41) is 3.22. The van der Waals surface area contributed by atoms with E-state index in [1.807, 2.05) is 12.1 Å². The summed E-state index contributed by atoms with van der Waals surface area (Å²) >= 11 is 0. The van der Waals surface area contributed by atoms with Gasteiger partial charge in [0.25, 0.3) is 5.91 Å². The Morgan fingerprint density at radius 1 is 1.29 bits per heavy atom. The van der Waals surface area contributed by atoms with E-state index in [2.05, 4.69) is 22.3 Å². The third-order valence-electron chi connectivity index (χ3n) is 5.79. The predicted octanol–water partition coefficient (Wildman–Crippen LogP) is 2.07. The molecule has 2 saturated heterocycles. The molecule has 3 aliphatic rings. The molecule has 0 radical (unpaired) electrons. The van der Waals surface area contributed by atoms with Crippen molar-refractivity contribution in [3.05, 3.63) is 29.8 Å². The third kappa shape index (κ3) is 2.80. The third-order valence-corrected chi connectivity index (χ3v) is 5.79. The van der Waals surface area contributed by atoms with E-state index in [1.54, 1.807) is 7.11 Å². The monoisotopic (exact) mass is 330 g/mol. The molecule has 1 aromatic carbocycles. The van der Waals surface area contributed by atoms with Crippen LogP contribution in [0.5, 0.6) is 0 Å². The number of amides is 1. The van der Waals surface area contributed by atoms with Crippen LogP contribution in [0.3, 0.4) is 0 Å². The molecule has 0 unspecified atom stereocenters. The molecule has 5 heteroatoms. The van der Waals surface area contributed by atoms with E-state index in [-0.39, 0.29) is 24.0 Å². The number of carbonyl (C=O) groups is 1. The van der Waals surface area contributed by atoms with E-state index >= 15 is 0 Å². The first-order valence-electron chi connectivity index (χ1n) is 9.04. The number of fused-ring (bicyclic) bond motifs is 1. The van der Waals surface area contributed by atoms with Gasteiger partial charge in [-0.25, -0.2) is 0 Å². The molecule has 2 aliphatic heterocycles. The lowest BCUT2D eigenvalue weighted by Crippen LogP contribution is -2.62. The summed E-state index contributed by atoms with van der Waals surface area (Å²) in [5.74, 6) is 0.729. The molecule has 1 aliphatic carbocycles. The van der Waals surface area contributed by atoms with Gasteiger partial charge < -0.3 is 19.7 Å². The Morgan fingerprint density at radius 2 is 2.04 bits per heavy atom. The van der Waals surface area contributed by atoms with Crippen molar-refractivity contribution in [3.63, 3.8) is 0 Å². The van der Waals surface area contributed by atoms with Gasteiger partial charge in [0.1, 0.15) is 0 Å². The molecule has 3 fully saturated rings. The lowest BCUT2D eigenvalue weighted by atomic mass is 9.67. The molecule has 1 saturated carbocycles. The summed E-state index contributed by atoms with van der Waals surface area (Å²) in [6.45, 7) is 3.68. The number of hydrogen-bond donors (Lipinski definition) is 1. The van der Waals surface area contributed by atoms with Crippen LogP contribution in [0, 0.1) is 11.8 Å². The average Bonchev–Trinajstić information content (AvgIpc) is 3.28. The van der Waals surface area contributed by atoms with Crippen molar-refractivity contribution in [1.29, 1.82) is 0 Å². The van der Waals surface area contributed by atoms with Crippen LogP contribution >= 0.6 is 0 Å². The van der Waals surface area contributed by atoms with Crippen LogP contribution in [0.25, 0.3) is 0 Å². The van der Waals surface area contributed by atoms with Gasteiger partial charge in [-0.2, -0.15) is 0 Å². The van der Waals surface area contributed by atoms with Crippen LogP contribution in [0.1, 0.15) is 29.6 Å². The number of methoxy groups -OCH3 is 1. The highest BCUT2D eigenvalue weighted by Crippen LogP contribution is 2.43. The lowest BCUT2D eigenvalue weighted by molar-refractivity contribution is -0.0809. The fourth-order valence-corrected chi connectivity index (χ4v) is 4.47. The highest BCUT2D eigenvalue weighted by molar-refractivity contribution is 5.94. The number of carbonyl (C=O) groups excluding carboxylic acids is 1. The molecule has 1 aromatic rings. The SMILES string of the molecule is COC[C@@H]1[C@@H](NC(=O)c2ccc(N3CCCC3)cc2)[C@@H]2CCO[C@H]12. The number of nitrogens with zero attached hydrogens (tertiary/aromatic N) is 1. The van der Waals surface area contributed by atoms with Gasteiger partial charge in [0, 0.05) is 55.9 Å². The summed E-state index contributed by atoms with van der Waals surface area (Å²) in [4.78, 5) is 15.0. The quantitative estimate of drug-likeness (QED) is 0.898. The summed E-state index contributed by atoms with van der Waals surface area (Å²) in [6.07, 6.45) is 3.81. The first kappa shape index (κ1) is 15.9. The summed E-state index contributed by atoms with van der Waals surface area (Å²) in [7, 11) is 1.71. The van der Waals surface area contributed by atoms with Crippen molar-refractivity contribution in [2.75, 3.05) is 38.3 Å². The molecule has 5 nitrogen and oxygen atoms in total. The van der Waals surface area contributed by atoms with Crippen molar-refractivity contribution >= 4 is 11.6 Å². The maximum atomic E-state index is 12.6. The topological polar surface area (TPSA) is 50.8 Å². The fraction of sp³-hybridized carbons (Fsp3) is 0.632. The largest absolute Gasteiger partial charge is 0.384 e. The first-order chi connectivity index (χ1) is 11.8. The van der Waals surface area contributed by atoms with Gasteiger partial charge in [-0.1, -0.05) is 0 Å². The van der Waals surface area contributed by atoms with Crippen LogP contribution < -0.4 is 10.2 Å². The Labute approximate surface area is 143 Å². The minimum absolute atomic E-state index is 0.0134. The zero-order valence-electron chi connectivity index (χ0n) is 14.2. The summed E-state index contributed by atoms with van der Waals surface area (Å²) in [6, 6.07) is 8.18. The molecule has 0 spiro atoms. The van der Waals surface area contributed by atoms with Gasteiger partial charge in [-0.15, -0.1) is 0 Å². The van der Waals surface area contributed by atoms with E-state index in [1.165, 1.54) is 18.5 Å². The number of nitrogens with one attached hydrogen (secondary N) is 1. The molecule has 24 heavy (non-hydrogen) atoms. The van der Waals surface area contributed by atoms with Gasteiger partial charge in [-0.3, -0.25) is 4.79 Å². The molecular weight excluding hydrogens is 304 g/mol. The van der Waals surface area contributed by atoms with Gasteiger partial charge in [0.15, 0.2) is 0 Å². The maximum Gasteiger partial charge on any atom is 0.251 e. The molecule has 1 N–H and O–H groups in total. The highest BCUT2D eigenvalue weighted by atomic mass is 16.5. The van der Waals surface area contributed by atoms with Crippen LogP contribution in [-0.4, -0.2) is 51.5 Å². The number of hydrogen-bond acceptors (Lipinski definition) is 4. The summed E-state index contributed by atoms with van der Waals surface area (Å²) < 4.78 is 11.1. The van der Waals surface area contributed by atoms with Crippen molar-refractivity contribution < 1.29 is 14.3 Å². The molecule has 2 heterocycles. The Morgan fingerprint density at radius 3 is 2.75 bits per heavy atom. The second-order valence-corrected chi connectivity index (χ2v) is 7.15. The normalized spacial score (nSPS) is 31.6. The smallest absolute Gasteiger partial charge is 0.251 e. The first-order valence-corrected chi connectivity index (χ1v) is 9.04. The van der Waals surface area contributed by atoms with Gasteiger partial charge in [-0.05, 0) is 43.5 Å². The Bertz CT molecular complexity index is 583. The number of rotatable bonds is 5. The highest BCUT2D eigenvalue weighted by Gasteiger charge is 2.54. The van der Waals surface area contributed by atoms with E-state index in [0.29, 0.717) is 12.5 Å². The molecule has 4 rings (SSSR count). The Balaban J connectivity index is 1.40. The number of ether oxygens (including phenoxy) is 2. The maximum absolute atomic E-state index is 12.6. The van der Waals surface area contributed by atoms with E-state index in [4.69, 9.17) is 9.47 Å². The van der Waals surface area contributed by atoms with Gasteiger partial charge in [0.05, 0.1) is 12.7 Å². The predicted molar refractivity (Wildman–Crippen MR) is 92.4 cm³/mol. The minimum Gasteiger partial charge on any atom is -0.384 e. The molecule has 130 valence electrons. The molecular formula is C19H26N2O3. The van der Waals surface area contributed by atoms with E-state index in [0.717, 1.165) is 31.7 Å². The van der Waals surface area contributed by atoms with Gasteiger partial charge in [0.2, 0.25) is 0 Å². The van der Waals surface area contributed by atoms with Crippen molar-refractivity contribution in [3.8, 4) is 0 Å². The standard InChI is InChI=1S/C19H26N2O3/c1-23-12-16-17(15-8-11-24-18(15)16)20-19(22)13-4-6-14(7-5-13)21-9-2-3-10-21/h4-7,15-18H,2-3,8-12H2,1H3,(H,20,22)/t15-,16+,17-,18-/m0/s1. The minimum atomic E-state index is 0.0134. The van der Waals surface area contributed by atoms with Crippen LogP contribution in [-0.2, 0) is 9.47 Å². The van der Waals surface area contributed by atoms with Crippen LogP contribution in [0.4, 0.5) is 5.69 Å². The Hall–Kier alpha value is -1.59. The van der Waals surface area contributed by atoms with Crippen molar-refractivity contribution in [2.24, 2.45) is 11.8 Å². The summed E-state index contributed by atoms with van der Waals surface area (Å²) in [5.41, 5.74) is 1.95. The zero-order chi connectivity index (χ0) is 16.5. The van der Waals surface area contributed by atoms with E-state index < -0.39 is 0 Å².